The number of rotatable bonds is 4. The SMILES string of the molecule is CCC1CCCCN1C(=O)CNc1cccc2cccnc12. The largest absolute Gasteiger partial charge is 0.374 e. The minimum atomic E-state index is 0.194. The Morgan fingerprint density at radius 3 is 3.05 bits per heavy atom. The fraction of sp³-hybridized carbons (Fsp3) is 0.444. The molecule has 2 heterocycles. The van der Waals surface area contributed by atoms with Gasteiger partial charge in [0.15, 0.2) is 0 Å². The third-order valence-electron chi connectivity index (χ3n) is 4.48. The summed E-state index contributed by atoms with van der Waals surface area (Å²) in [7, 11) is 0. The average molecular weight is 297 g/mol. The molecule has 0 saturated carbocycles. The molecule has 2 aromatic rings. The van der Waals surface area contributed by atoms with Crippen LogP contribution in [0.25, 0.3) is 10.9 Å². The van der Waals surface area contributed by atoms with Crippen LogP contribution in [0.2, 0.25) is 0 Å². The third kappa shape index (κ3) is 3.06. The van der Waals surface area contributed by atoms with E-state index in [4.69, 9.17) is 0 Å². The summed E-state index contributed by atoms with van der Waals surface area (Å²) in [4.78, 5) is 19.0. The monoisotopic (exact) mass is 297 g/mol. The van der Waals surface area contributed by atoms with Crippen molar-refractivity contribution in [3.05, 3.63) is 36.5 Å². The fourth-order valence-corrected chi connectivity index (χ4v) is 3.27. The van der Waals surface area contributed by atoms with Gasteiger partial charge < -0.3 is 10.2 Å². The number of carbonyl (C=O) groups excluding carboxylic acids is 1. The summed E-state index contributed by atoms with van der Waals surface area (Å²) in [5.74, 6) is 0.194. The highest BCUT2D eigenvalue weighted by Crippen LogP contribution is 2.22. The second-order valence-electron chi connectivity index (χ2n) is 5.88. The van der Waals surface area contributed by atoms with E-state index in [2.05, 4.69) is 22.1 Å². The van der Waals surface area contributed by atoms with Crippen molar-refractivity contribution in [2.75, 3.05) is 18.4 Å². The van der Waals surface area contributed by atoms with Gasteiger partial charge in [0.05, 0.1) is 17.7 Å². The molecule has 1 aliphatic heterocycles. The first-order chi connectivity index (χ1) is 10.8. The zero-order chi connectivity index (χ0) is 15.4. The number of pyridine rings is 1. The lowest BCUT2D eigenvalue weighted by Crippen LogP contribution is -2.45. The molecule has 1 N–H and O–H groups in total. The van der Waals surface area contributed by atoms with E-state index in [1.807, 2.05) is 30.3 Å². The first kappa shape index (κ1) is 14.8. The smallest absolute Gasteiger partial charge is 0.242 e. The molecule has 116 valence electrons. The summed E-state index contributed by atoms with van der Waals surface area (Å²) in [6.07, 6.45) is 6.33. The minimum Gasteiger partial charge on any atom is -0.374 e. The van der Waals surface area contributed by atoms with Gasteiger partial charge in [-0.05, 0) is 37.8 Å². The molecule has 0 spiro atoms. The van der Waals surface area contributed by atoms with E-state index in [1.54, 1.807) is 6.20 Å². The van der Waals surface area contributed by atoms with Crippen molar-refractivity contribution < 1.29 is 4.79 Å². The van der Waals surface area contributed by atoms with Crippen molar-refractivity contribution in [2.45, 2.75) is 38.6 Å². The summed E-state index contributed by atoms with van der Waals surface area (Å²) < 4.78 is 0. The maximum atomic E-state index is 12.5. The second-order valence-corrected chi connectivity index (χ2v) is 5.88. The molecule has 3 rings (SSSR count). The third-order valence-corrected chi connectivity index (χ3v) is 4.48. The molecular formula is C18H23N3O. The molecule has 0 aliphatic carbocycles. The van der Waals surface area contributed by atoms with Gasteiger partial charge in [0.25, 0.3) is 0 Å². The zero-order valence-corrected chi connectivity index (χ0v) is 13.1. The summed E-state index contributed by atoms with van der Waals surface area (Å²) in [6.45, 7) is 3.40. The molecular weight excluding hydrogens is 274 g/mol. The number of amides is 1. The van der Waals surface area contributed by atoms with Crippen LogP contribution in [-0.2, 0) is 4.79 Å². The summed E-state index contributed by atoms with van der Waals surface area (Å²) >= 11 is 0. The molecule has 1 aliphatic rings. The Kier molecular flexibility index (Phi) is 4.56. The topological polar surface area (TPSA) is 45.2 Å². The van der Waals surface area contributed by atoms with Gasteiger partial charge in [-0.25, -0.2) is 0 Å². The maximum Gasteiger partial charge on any atom is 0.242 e. The van der Waals surface area contributed by atoms with Gasteiger partial charge in [-0.2, -0.15) is 0 Å². The normalized spacial score (nSPS) is 18.4. The van der Waals surface area contributed by atoms with Gasteiger partial charge in [-0.1, -0.05) is 25.1 Å². The molecule has 0 radical (unpaired) electrons. The number of hydrogen-bond donors (Lipinski definition) is 1. The molecule has 1 aromatic carbocycles. The number of aromatic nitrogens is 1. The first-order valence-electron chi connectivity index (χ1n) is 8.16. The van der Waals surface area contributed by atoms with E-state index in [0.29, 0.717) is 12.6 Å². The predicted molar refractivity (Wildman–Crippen MR) is 89.9 cm³/mol. The van der Waals surface area contributed by atoms with Crippen molar-refractivity contribution in [1.82, 2.24) is 9.88 Å². The highest BCUT2D eigenvalue weighted by molar-refractivity contribution is 5.92. The molecule has 1 amide bonds. The fourth-order valence-electron chi connectivity index (χ4n) is 3.27. The lowest BCUT2D eigenvalue weighted by atomic mass is 10.00. The molecule has 1 atom stereocenters. The molecule has 1 unspecified atom stereocenters. The van der Waals surface area contributed by atoms with Gasteiger partial charge >= 0.3 is 0 Å². The Hall–Kier alpha value is -2.10. The number of fused-ring (bicyclic) bond motifs is 1. The van der Waals surface area contributed by atoms with Gasteiger partial charge in [-0.3, -0.25) is 9.78 Å². The van der Waals surface area contributed by atoms with E-state index in [9.17, 15) is 4.79 Å². The number of hydrogen-bond acceptors (Lipinski definition) is 3. The number of benzene rings is 1. The minimum absolute atomic E-state index is 0.194. The van der Waals surface area contributed by atoms with E-state index < -0.39 is 0 Å². The van der Waals surface area contributed by atoms with Crippen LogP contribution in [0.5, 0.6) is 0 Å². The van der Waals surface area contributed by atoms with Crippen LogP contribution in [0, 0.1) is 0 Å². The number of para-hydroxylation sites is 1. The van der Waals surface area contributed by atoms with Crippen molar-refractivity contribution in [3.63, 3.8) is 0 Å². The molecule has 4 nitrogen and oxygen atoms in total. The number of likely N-dealkylation sites (tertiary alicyclic amines) is 1. The quantitative estimate of drug-likeness (QED) is 0.940. The number of carbonyl (C=O) groups is 1. The highest BCUT2D eigenvalue weighted by atomic mass is 16.2. The molecule has 4 heteroatoms. The Morgan fingerprint density at radius 2 is 2.18 bits per heavy atom. The van der Waals surface area contributed by atoms with Crippen molar-refractivity contribution in [3.8, 4) is 0 Å². The van der Waals surface area contributed by atoms with E-state index in [-0.39, 0.29) is 5.91 Å². The number of nitrogens with zero attached hydrogens (tertiary/aromatic N) is 2. The van der Waals surface area contributed by atoms with Crippen LogP contribution in [0.3, 0.4) is 0 Å². The van der Waals surface area contributed by atoms with Crippen molar-refractivity contribution in [2.24, 2.45) is 0 Å². The Bertz CT molecular complexity index is 650. The standard InChI is InChI=1S/C18H23N3O/c1-2-15-9-3-4-12-21(15)17(22)13-20-16-10-5-7-14-8-6-11-19-18(14)16/h5-8,10-11,15,20H,2-4,9,12-13H2,1H3. The van der Waals surface area contributed by atoms with Crippen LogP contribution < -0.4 is 5.32 Å². The van der Waals surface area contributed by atoms with E-state index in [0.717, 1.165) is 42.4 Å². The van der Waals surface area contributed by atoms with E-state index in [1.165, 1.54) is 6.42 Å². The van der Waals surface area contributed by atoms with Gasteiger partial charge in [0.2, 0.25) is 5.91 Å². The Labute approximate surface area is 131 Å². The summed E-state index contributed by atoms with van der Waals surface area (Å²) in [5, 5.41) is 4.36. The predicted octanol–water partition coefficient (Wildman–Crippen LogP) is 3.44. The number of anilines is 1. The van der Waals surface area contributed by atoms with Gasteiger partial charge in [0, 0.05) is 24.2 Å². The van der Waals surface area contributed by atoms with Gasteiger partial charge in [-0.15, -0.1) is 0 Å². The molecule has 0 bridgehead atoms. The molecule has 22 heavy (non-hydrogen) atoms. The molecule has 1 aromatic heterocycles. The highest BCUT2D eigenvalue weighted by Gasteiger charge is 2.24. The van der Waals surface area contributed by atoms with Crippen molar-refractivity contribution >= 4 is 22.5 Å². The van der Waals surface area contributed by atoms with Gasteiger partial charge in [0.1, 0.15) is 0 Å². The number of nitrogens with one attached hydrogen (secondary N) is 1. The summed E-state index contributed by atoms with van der Waals surface area (Å²) in [6, 6.07) is 10.4. The Balaban J connectivity index is 1.69. The van der Waals surface area contributed by atoms with Crippen LogP contribution in [0.4, 0.5) is 5.69 Å². The second kappa shape index (κ2) is 6.77. The zero-order valence-electron chi connectivity index (χ0n) is 13.1. The summed E-state index contributed by atoms with van der Waals surface area (Å²) in [5.41, 5.74) is 1.85. The lowest BCUT2D eigenvalue weighted by molar-refractivity contribution is -0.133. The average Bonchev–Trinajstić information content (AvgIpc) is 2.59. The van der Waals surface area contributed by atoms with Crippen LogP contribution in [0.15, 0.2) is 36.5 Å². The maximum absolute atomic E-state index is 12.5. The van der Waals surface area contributed by atoms with Crippen molar-refractivity contribution in [1.29, 1.82) is 0 Å². The first-order valence-corrected chi connectivity index (χ1v) is 8.16. The van der Waals surface area contributed by atoms with Crippen LogP contribution in [-0.4, -0.2) is 34.9 Å². The number of piperidine rings is 1. The van der Waals surface area contributed by atoms with Crippen LogP contribution >= 0.6 is 0 Å². The lowest BCUT2D eigenvalue weighted by Gasteiger charge is -2.35. The molecule has 1 saturated heterocycles. The Morgan fingerprint density at radius 1 is 1.32 bits per heavy atom. The van der Waals surface area contributed by atoms with E-state index >= 15 is 0 Å². The van der Waals surface area contributed by atoms with Crippen LogP contribution in [0.1, 0.15) is 32.6 Å². The molecule has 1 fully saturated rings.